The third-order valence-corrected chi connectivity index (χ3v) is 4.11. The Hall–Kier alpha value is -3.34. The molecule has 5 heteroatoms. The van der Waals surface area contributed by atoms with E-state index in [0.29, 0.717) is 5.56 Å². The van der Waals surface area contributed by atoms with Gasteiger partial charge in [0.2, 0.25) is 5.91 Å². The summed E-state index contributed by atoms with van der Waals surface area (Å²) in [6.07, 6.45) is 4.75. The number of carboxylic acid groups (broad SMARTS) is 1. The third kappa shape index (κ3) is 4.00. The molecule has 2 aromatic carbocycles. The van der Waals surface area contributed by atoms with Crippen LogP contribution < -0.4 is 10.1 Å². The van der Waals surface area contributed by atoms with Gasteiger partial charge in [0, 0.05) is 11.6 Å². The number of carbonyl (C=O) groups is 2. The highest BCUT2D eigenvalue weighted by molar-refractivity contribution is 5.92. The third-order valence-electron chi connectivity index (χ3n) is 4.11. The van der Waals surface area contributed by atoms with Crippen LogP contribution in [0.25, 0.3) is 6.08 Å². The summed E-state index contributed by atoms with van der Waals surface area (Å²) in [6.45, 7) is 1.90. The molecule has 0 bridgehead atoms. The van der Waals surface area contributed by atoms with Gasteiger partial charge in [0.05, 0.1) is 0 Å². The van der Waals surface area contributed by atoms with Gasteiger partial charge in [0.1, 0.15) is 11.9 Å². The number of hydrogen-bond donors (Lipinski definition) is 2. The second-order valence-electron chi connectivity index (χ2n) is 5.97. The van der Waals surface area contributed by atoms with Gasteiger partial charge in [-0.2, -0.15) is 0 Å². The molecule has 0 aliphatic carbocycles. The zero-order valence-electron chi connectivity index (χ0n) is 14.3. The van der Waals surface area contributed by atoms with Gasteiger partial charge < -0.3 is 15.2 Å². The van der Waals surface area contributed by atoms with Crippen LogP contribution in [-0.2, 0) is 9.59 Å². The van der Waals surface area contributed by atoms with Crippen LogP contribution in [0.15, 0.2) is 72.3 Å². The van der Waals surface area contributed by atoms with E-state index in [-0.39, 0.29) is 6.10 Å². The van der Waals surface area contributed by atoms with Crippen molar-refractivity contribution in [3.8, 4) is 5.75 Å². The van der Waals surface area contributed by atoms with Gasteiger partial charge in [-0.25, -0.2) is 4.79 Å². The van der Waals surface area contributed by atoms with Crippen molar-refractivity contribution in [1.82, 2.24) is 5.32 Å². The van der Waals surface area contributed by atoms with E-state index in [1.54, 1.807) is 36.4 Å². The molecule has 5 nitrogen and oxygen atoms in total. The van der Waals surface area contributed by atoms with Crippen LogP contribution in [0.3, 0.4) is 0 Å². The van der Waals surface area contributed by atoms with Crippen LogP contribution in [0.5, 0.6) is 5.75 Å². The SMILES string of the molecule is CC1Oc2ccccc2C=C1C=CC(=O)NC(C(=O)O)c1ccccc1. The number of amides is 1. The Morgan fingerprint density at radius 1 is 1.12 bits per heavy atom. The first-order valence-electron chi connectivity index (χ1n) is 8.28. The number of rotatable bonds is 5. The van der Waals surface area contributed by atoms with Crippen LogP contribution in [0.1, 0.15) is 24.1 Å². The first-order chi connectivity index (χ1) is 12.5. The Morgan fingerprint density at radius 3 is 2.54 bits per heavy atom. The lowest BCUT2D eigenvalue weighted by Gasteiger charge is -2.22. The van der Waals surface area contributed by atoms with Crippen LogP contribution in [0, 0.1) is 0 Å². The monoisotopic (exact) mass is 349 g/mol. The molecule has 2 unspecified atom stereocenters. The number of fused-ring (bicyclic) bond motifs is 1. The van der Waals surface area contributed by atoms with Gasteiger partial charge in [0.15, 0.2) is 6.04 Å². The lowest BCUT2D eigenvalue weighted by molar-refractivity contribution is -0.141. The second kappa shape index (κ2) is 7.70. The van der Waals surface area contributed by atoms with Crippen LogP contribution >= 0.6 is 0 Å². The largest absolute Gasteiger partial charge is 0.485 e. The van der Waals surface area contributed by atoms with E-state index in [1.807, 2.05) is 37.3 Å². The minimum atomic E-state index is -1.11. The quantitative estimate of drug-likeness (QED) is 0.812. The predicted molar refractivity (Wildman–Crippen MR) is 98.6 cm³/mol. The highest BCUT2D eigenvalue weighted by Gasteiger charge is 2.21. The standard InChI is InChI=1S/C21H19NO4/c1-14-16(13-17-9-5-6-10-18(17)26-14)11-12-19(23)22-20(21(24)25)15-7-3-2-4-8-15/h2-14,20H,1H3,(H,22,23)(H,24,25). The molecule has 1 amide bonds. The molecule has 26 heavy (non-hydrogen) atoms. The maximum Gasteiger partial charge on any atom is 0.330 e. The van der Waals surface area contributed by atoms with E-state index in [0.717, 1.165) is 16.9 Å². The van der Waals surface area contributed by atoms with Crippen LogP contribution in [-0.4, -0.2) is 23.1 Å². The first-order valence-corrected chi connectivity index (χ1v) is 8.28. The lowest BCUT2D eigenvalue weighted by atomic mass is 10.0. The van der Waals surface area contributed by atoms with Crippen molar-refractivity contribution in [3.05, 3.63) is 83.4 Å². The number of carboxylic acids is 1. The van der Waals surface area contributed by atoms with Crippen molar-refractivity contribution in [2.45, 2.75) is 19.1 Å². The number of hydrogen-bond acceptors (Lipinski definition) is 3. The number of para-hydroxylation sites is 1. The number of ether oxygens (including phenoxy) is 1. The van der Waals surface area contributed by atoms with Crippen molar-refractivity contribution in [1.29, 1.82) is 0 Å². The zero-order chi connectivity index (χ0) is 18.5. The summed E-state index contributed by atoms with van der Waals surface area (Å²) in [5.41, 5.74) is 2.30. The number of nitrogens with one attached hydrogen (secondary N) is 1. The molecule has 0 saturated carbocycles. The Bertz CT molecular complexity index is 871. The molecule has 0 radical (unpaired) electrons. The molecule has 2 N–H and O–H groups in total. The van der Waals surface area contributed by atoms with Crippen molar-refractivity contribution in [2.24, 2.45) is 0 Å². The molecule has 0 saturated heterocycles. The molecule has 0 aromatic heterocycles. The highest BCUT2D eigenvalue weighted by Crippen LogP contribution is 2.29. The van der Waals surface area contributed by atoms with E-state index in [1.165, 1.54) is 6.08 Å². The molecule has 3 rings (SSSR count). The fourth-order valence-electron chi connectivity index (χ4n) is 2.74. The summed E-state index contributed by atoms with van der Waals surface area (Å²) in [7, 11) is 0. The molecule has 132 valence electrons. The van der Waals surface area contributed by atoms with E-state index >= 15 is 0 Å². The molecule has 0 spiro atoms. The maximum atomic E-state index is 12.2. The fourth-order valence-corrected chi connectivity index (χ4v) is 2.74. The van der Waals surface area contributed by atoms with Crippen LogP contribution in [0.2, 0.25) is 0 Å². The van der Waals surface area contributed by atoms with Crippen molar-refractivity contribution >= 4 is 18.0 Å². The zero-order valence-corrected chi connectivity index (χ0v) is 14.3. The van der Waals surface area contributed by atoms with E-state index in [9.17, 15) is 14.7 Å². The molecule has 0 fully saturated rings. The normalized spacial score (nSPS) is 17.0. The van der Waals surface area contributed by atoms with Gasteiger partial charge in [-0.1, -0.05) is 48.5 Å². The van der Waals surface area contributed by atoms with Crippen molar-refractivity contribution < 1.29 is 19.4 Å². The molecule has 2 aromatic rings. The lowest BCUT2D eigenvalue weighted by Crippen LogP contribution is -2.32. The van der Waals surface area contributed by atoms with Crippen LogP contribution in [0.4, 0.5) is 0 Å². The van der Waals surface area contributed by atoms with E-state index < -0.39 is 17.9 Å². The Kier molecular flexibility index (Phi) is 5.17. The average Bonchev–Trinajstić information content (AvgIpc) is 2.65. The summed E-state index contributed by atoms with van der Waals surface area (Å²) in [4.78, 5) is 23.7. The molecular formula is C21H19NO4. The smallest absolute Gasteiger partial charge is 0.330 e. The maximum absolute atomic E-state index is 12.2. The highest BCUT2D eigenvalue weighted by atomic mass is 16.5. The predicted octanol–water partition coefficient (Wildman–Crippen LogP) is 3.35. The first kappa shape index (κ1) is 17.5. The van der Waals surface area contributed by atoms with Gasteiger partial charge in [-0.3, -0.25) is 4.79 Å². The molecule has 1 aliphatic heterocycles. The Labute approximate surface area is 151 Å². The molecule has 2 atom stereocenters. The molecular weight excluding hydrogens is 330 g/mol. The summed E-state index contributed by atoms with van der Waals surface area (Å²) in [5.74, 6) is -0.787. The number of benzene rings is 2. The minimum absolute atomic E-state index is 0.196. The average molecular weight is 349 g/mol. The van der Waals surface area contributed by atoms with Gasteiger partial charge in [-0.05, 0) is 36.3 Å². The number of carbonyl (C=O) groups excluding carboxylic acids is 1. The van der Waals surface area contributed by atoms with E-state index in [4.69, 9.17) is 4.74 Å². The van der Waals surface area contributed by atoms with Gasteiger partial charge in [-0.15, -0.1) is 0 Å². The van der Waals surface area contributed by atoms with Gasteiger partial charge >= 0.3 is 5.97 Å². The van der Waals surface area contributed by atoms with Crippen molar-refractivity contribution in [3.63, 3.8) is 0 Å². The minimum Gasteiger partial charge on any atom is -0.485 e. The van der Waals surface area contributed by atoms with Crippen molar-refractivity contribution in [2.75, 3.05) is 0 Å². The summed E-state index contributed by atoms with van der Waals surface area (Å²) >= 11 is 0. The Morgan fingerprint density at radius 2 is 1.81 bits per heavy atom. The summed E-state index contributed by atoms with van der Waals surface area (Å²) in [6, 6.07) is 15.1. The fraction of sp³-hybridized carbons (Fsp3) is 0.143. The van der Waals surface area contributed by atoms with Gasteiger partial charge in [0.25, 0.3) is 0 Å². The second-order valence-corrected chi connectivity index (χ2v) is 5.97. The number of aliphatic carboxylic acids is 1. The topological polar surface area (TPSA) is 75.6 Å². The summed E-state index contributed by atoms with van der Waals surface area (Å²) in [5, 5.41) is 11.9. The molecule has 1 aliphatic rings. The van der Waals surface area contributed by atoms with E-state index in [2.05, 4.69) is 5.32 Å². The Balaban J connectivity index is 1.73. The summed E-state index contributed by atoms with van der Waals surface area (Å²) < 4.78 is 5.82. The molecule has 1 heterocycles.